The van der Waals surface area contributed by atoms with Gasteiger partial charge in [-0.05, 0) is 54.4 Å². The predicted octanol–water partition coefficient (Wildman–Crippen LogP) is 4.08. The van der Waals surface area contributed by atoms with Crippen LogP contribution in [-0.4, -0.2) is 23.4 Å². The quantitative estimate of drug-likeness (QED) is 0.732. The van der Waals surface area contributed by atoms with E-state index < -0.39 is 0 Å². The van der Waals surface area contributed by atoms with Gasteiger partial charge in [-0.3, -0.25) is 0 Å². The Morgan fingerprint density at radius 2 is 1.09 bits per heavy atom. The number of benzene rings is 2. The molecule has 124 valence electrons. The smallest absolute Gasteiger partial charge is 0.0434 e. The van der Waals surface area contributed by atoms with Gasteiger partial charge in [0.25, 0.3) is 0 Å². The molecule has 0 unspecified atom stereocenters. The van der Waals surface area contributed by atoms with Crippen LogP contribution in [0.3, 0.4) is 0 Å². The molecule has 0 saturated carbocycles. The molecule has 0 aliphatic heterocycles. The van der Waals surface area contributed by atoms with Crippen LogP contribution in [0.4, 0.5) is 0 Å². The van der Waals surface area contributed by atoms with Crippen molar-refractivity contribution >= 4 is 0 Å². The number of aliphatic hydroxyl groups is 2. The first-order valence-electron chi connectivity index (χ1n) is 8.68. The maximum atomic E-state index is 8.92. The molecule has 0 saturated heterocycles. The van der Waals surface area contributed by atoms with E-state index in [0.717, 1.165) is 32.1 Å². The maximum absolute atomic E-state index is 8.92. The van der Waals surface area contributed by atoms with Crippen molar-refractivity contribution in [3.05, 3.63) is 70.8 Å². The summed E-state index contributed by atoms with van der Waals surface area (Å²) in [5.74, 6) is 0.425. The van der Waals surface area contributed by atoms with Crippen LogP contribution in [0.2, 0.25) is 0 Å². The first kappa shape index (κ1) is 17.7. The lowest BCUT2D eigenvalue weighted by Crippen LogP contribution is -2.01. The molecule has 0 aliphatic rings. The molecule has 0 amide bonds. The molecule has 0 bridgehead atoms. The highest BCUT2D eigenvalue weighted by Crippen LogP contribution is 2.28. The number of aliphatic hydroxyl groups excluding tert-OH is 2. The SMILES string of the molecule is CCC(c1ccc(CCCO)cc1)c1ccc(CCCO)cc1. The summed E-state index contributed by atoms with van der Waals surface area (Å²) in [7, 11) is 0. The van der Waals surface area contributed by atoms with Gasteiger partial charge in [0.1, 0.15) is 0 Å². The van der Waals surface area contributed by atoms with Crippen LogP contribution in [0.1, 0.15) is 54.4 Å². The van der Waals surface area contributed by atoms with Gasteiger partial charge in [0.2, 0.25) is 0 Å². The van der Waals surface area contributed by atoms with Crippen LogP contribution in [0.25, 0.3) is 0 Å². The largest absolute Gasteiger partial charge is 0.396 e. The van der Waals surface area contributed by atoms with E-state index in [1.165, 1.54) is 22.3 Å². The van der Waals surface area contributed by atoms with E-state index in [-0.39, 0.29) is 13.2 Å². The van der Waals surface area contributed by atoms with Crippen LogP contribution < -0.4 is 0 Å². The normalized spacial score (nSPS) is 11.1. The molecule has 2 nitrogen and oxygen atoms in total. The molecule has 0 radical (unpaired) electrons. The second-order valence-electron chi connectivity index (χ2n) is 6.10. The topological polar surface area (TPSA) is 40.5 Å². The number of hydrogen-bond acceptors (Lipinski definition) is 2. The zero-order valence-corrected chi connectivity index (χ0v) is 14.0. The van der Waals surface area contributed by atoms with Gasteiger partial charge in [-0.25, -0.2) is 0 Å². The van der Waals surface area contributed by atoms with Crippen LogP contribution in [0, 0.1) is 0 Å². The van der Waals surface area contributed by atoms with E-state index in [4.69, 9.17) is 10.2 Å². The molecule has 0 aliphatic carbocycles. The highest BCUT2D eigenvalue weighted by Gasteiger charge is 2.12. The van der Waals surface area contributed by atoms with Crippen LogP contribution >= 0.6 is 0 Å². The maximum Gasteiger partial charge on any atom is 0.0434 e. The molecule has 0 fully saturated rings. The molecule has 2 heteroatoms. The average molecular weight is 312 g/mol. The van der Waals surface area contributed by atoms with Crippen molar-refractivity contribution in [1.29, 1.82) is 0 Å². The molecule has 0 aromatic heterocycles. The van der Waals surface area contributed by atoms with Gasteiger partial charge >= 0.3 is 0 Å². The Labute approximate surface area is 139 Å². The first-order chi connectivity index (χ1) is 11.3. The average Bonchev–Trinajstić information content (AvgIpc) is 2.61. The van der Waals surface area contributed by atoms with E-state index in [9.17, 15) is 0 Å². The Bertz CT molecular complexity index is 506. The van der Waals surface area contributed by atoms with Gasteiger partial charge in [-0.1, -0.05) is 55.5 Å². The molecular formula is C21H28O2. The van der Waals surface area contributed by atoms with E-state index >= 15 is 0 Å². The number of hydrogen-bond donors (Lipinski definition) is 2. The van der Waals surface area contributed by atoms with E-state index in [2.05, 4.69) is 55.5 Å². The third-order valence-electron chi connectivity index (χ3n) is 4.42. The molecular weight excluding hydrogens is 284 g/mol. The van der Waals surface area contributed by atoms with Gasteiger partial charge in [-0.15, -0.1) is 0 Å². The van der Waals surface area contributed by atoms with E-state index in [1.807, 2.05) is 0 Å². The lowest BCUT2D eigenvalue weighted by Gasteiger charge is -2.17. The monoisotopic (exact) mass is 312 g/mol. The third-order valence-corrected chi connectivity index (χ3v) is 4.42. The molecule has 2 aromatic carbocycles. The van der Waals surface area contributed by atoms with Crippen LogP contribution in [0.15, 0.2) is 48.5 Å². The molecule has 0 atom stereocenters. The van der Waals surface area contributed by atoms with E-state index in [0.29, 0.717) is 5.92 Å². The Hall–Kier alpha value is -1.64. The zero-order valence-electron chi connectivity index (χ0n) is 14.0. The Kier molecular flexibility index (Phi) is 7.31. The fraction of sp³-hybridized carbons (Fsp3) is 0.429. The first-order valence-corrected chi connectivity index (χ1v) is 8.68. The summed E-state index contributed by atoms with van der Waals surface area (Å²) < 4.78 is 0. The van der Waals surface area contributed by atoms with Gasteiger partial charge < -0.3 is 10.2 Å². The summed E-state index contributed by atoms with van der Waals surface area (Å²) in [6, 6.07) is 17.6. The van der Waals surface area contributed by atoms with Gasteiger partial charge in [0, 0.05) is 19.1 Å². The number of aryl methyl sites for hydroxylation is 2. The van der Waals surface area contributed by atoms with Crippen molar-refractivity contribution in [2.45, 2.75) is 44.9 Å². The summed E-state index contributed by atoms with van der Waals surface area (Å²) in [5, 5.41) is 17.8. The molecule has 23 heavy (non-hydrogen) atoms. The Balaban J connectivity index is 2.09. The van der Waals surface area contributed by atoms with E-state index in [1.54, 1.807) is 0 Å². The molecule has 2 aromatic rings. The Morgan fingerprint density at radius 3 is 1.39 bits per heavy atom. The zero-order chi connectivity index (χ0) is 16.5. The molecule has 0 spiro atoms. The van der Waals surface area contributed by atoms with Crippen molar-refractivity contribution in [3.8, 4) is 0 Å². The van der Waals surface area contributed by atoms with Crippen molar-refractivity contribution in [2.24, 2.45) is 0 Å². The van der Waals surface area contributed by atoms with Crippen molar-refractivity contribution in [1.82, 2.24) is 0 Å². The highest BCUT2D eigenvalue weighted by molar-refractivity contribution is 5.35. The number of rotatable bonds is 9. The summed E-state index contributed by atoms with van der Waals surface area (Å²) in [6.45, 7) is 2.73. The van der Waals surface area contributed by atoms with Crippen molar-refractivity contribution < 1.29 is 10.2 Å². The lowest BCUT2D eigenvalue weighted by atomic mass is 9.88. The molecule has 0 heterocycles. The highest BCUT2D eigenvalue weighted by atomic mass is 16.3. The summed E-state index contributed by atoms with van der Waals surface area (Å²) in [4.78, 5) is 0. The minimum absolute atomic E-state index is 0.252. The second-order valence-corrected chi connectivity index (χ2v) is 6.10. The van der Waals surface area contributed by atoms with Gasteiger partial charge in [0.05, 0.1) is 0 Å². The standard InChI is InChI=1S/C21H28O2/c1-2-21(19-11-7-17(8-12-19)5-3-15-22)20-13-9-18(10-14-20)6-4-16-23/h7-14,21-23H,2-6,15-16H2,1H3. The minimum Gasteiger partial charge on any atom is -0.396 e. The second kappa shape index (κ2) is 9.49. The minimum atomic E-state index is 0.252. The summed E-state index contributed by atoms with van der Waals surface area (Å²) >= 11 is 0. The lowest BCUT2D eigenvalue weighted by molar-refractivity contribution is 0.288. The van der Waals surface area contributed by atoms with Crippen molar-refractivity contribution in [2.75, 3.05) is 13.2 Å². The van der Waals surface area contributed by atoms with Crippen LogP contribution in [-0.2, 0) is 12.8 Å². The fourth-order valence-corrected chi connectivity index (χ4v) is 3.06. The molecule has 2 N–H and O–H groups in total. The van der Waals surface area contributed by atoms with Crippen LogP contribution in [0.5, 0.6) is 0 Å². The third kappa shape index (κ3) is 5.19. The van der Waals surface area contributed by atoms with Gasteiger partial charge in [-0.2, -0.15) is 0 Å². The molecule has 2 rings (SSSR count). The van der Waals surface area contributed by atoms with Crippen molar-refractivity contribution in [3.63, 3.8) is 0 Å². The Morgan fingerprint density at radius 1 is 0.696 bits per heavy atom. The fourth-order valence-electron chi connectivity index (χ4n) is 3.06. The summed E-state index contributed by atoms with van der Waals surface area (Å²) in [5.41, 5.74) is 5.28. The van der Waals surface area contributed by atoms with Gasteiger partial charge in [0.15, 0.2) is 0 Å². The predicted molar refractivity (Wildman–Crippen MR) is 95.8 cm³/mol. The summed E-state index contributed by atoms with van der Waals surface area (Å²) in [6.07, 6.45) is 4.60.